The quantitative estimate of drug-likeness (QED) is 0.443. The molecule has 3 fully saturated rings. The number of likely N-dealkylation sites (N-methyl/N-ethyl adjacent to an activating group) is 1. The maximum absolute atomic E-state index is 15.2. The largest absolute Gasteiger partial charge is 0.488 e. The molecule has 1 saturated carbocycles. The molecule has 1 aliphatic carbocycles. The highest BCUT2D eigenvalue weighted by atomic mass is 19.1. The number of morpholine rings is 1. The number of nitrogens with zero attached hydrogens (tertiary/aromatic N) is 6. The minimum Gasteiger partial charge on any atom is -0.488 e. The first kappa shape index (κ1) is 25.9. The minimum absolute atomic E-state index is 0.0593. The Kier molecular flexibility index (Phi) is 7.87. The molecule has 2 saturated heterocycles. The van der Waals surface area contributed by atoms with Crippen LogP contribution in [-0.4, -0.2) is 89.5 Å². The van der Waals surface area contributed by atoms with Gasteiger partial charge in [0.15, 0.2) is 11.6 Å². The van der Waals surface area contributed by atoms with Crippen LogP contribution in [0.5, 0.6) is 5.75 Å². The second-order valence-corrected chi connectivity index (χ2v) is 10.7. The average molecular weight is 537 g/mol. The van der Waals surface area contributed by atoms with E-state index in [4.69, 9.17) is 9.47 Å². The van der Waals surface area contributed by atoms with Gasteiger partial charge in [0.25, 0.3) is 0 Å². The minimum atomic E-state index is -0.415. The van der Waals surface area contributed by atoms with Gasteiger partial charge in [0, 0.05) is 55.9 Å². The van der Waals surface area contributed by atoms with Crippen molar-refractivity contribution in [1.29, 1.82) is 0 Å². The van der Waals surface area contributed by atoms with Crippen molar-refractivity contribution in [3.63, 3.8) is 0 Å². The molecule has 0 bridgehead atoms. The molecule has 2 aliphatic heterocycles. The summed E-state index contributed by atoms with van der Waals surface area (Å²) < 4.78 is 27.2. The SMILES string of the molecule is CN1CCC[C@H]1CNc1ncnc(NC2CCC(Oc3cc(N4CCOCC4)cc4nccnc34)CC2)c1F. The first-order valence-electron chi connectivity index (χ1n) is 14.1. The molecule has 0 radical (unpaired) electrons. The van der Waals surface area contributed by atoms with Gasteiger partial charge in [-0.05, 0) is 58.2 Å². The fourth-order valence-electron chi connectivity index (χ4n) is 5.87. The molecule has 11 heteroatoms. The molecular weight excluding hydrogens is 499 g/mol. The molecule has 39 heavy (non-hydrogen) atoms. The summed E-state index contributed by atoms with van der Waals surface area (Å²) in [4.78, 5) is 22.0. The van der Waals surface area contributed by atoms with E-state index in [1.807, 2.05) is 0 Å². The molecule has 2 aromatic heterocycles. The van der Waals surface area contributed by atoms with Crippen LogP contribution in [-0.2, 0) is 4.74 Å². The van der Waals surface area contributed by atoms with E-state index < -0.39 is 5.82 Å². The standard InChI is InChI=1S/C28H37FN8O2/c1-36-10-2-3-20(36)17-32-27-25(29)28(34-18-33-27)35-19-4-6-22(7-5-19)39-24-16-21(37-11-13-38-14-12-37)15-23-26(24)31-9-8-30-23/h8-9,15-16,18-20,22H,2-7,10-14,17H2,1H3,(H2,32,33,34,35)/t19?,20-,22?/m0/s1. The van der Waals surface area contributed by atoms with Gasteiger partial charge in [0.1, 0.15) is 17.6 Å². The molecule has 0 unspecified atom stereocenters. The van der Waals surface area contributed by atoms with Gasteiger partial charge < -0.3 is 29.9 Å². The Morgan fingerprint density at radius 3 is 2.56 bits per heavy atom. The number of aromatic nitrogens is 4. The number of hydrogen-bond acceptors (Lipinski definition) is 10. The van der Waals surface area contributed by atoms with Crippen LogP contribution in [0.4, 0.5) is 21.7 Å². The van der Waals surface area contributed by atoms with Gasteiger partial charge in [-0.15, -0.1) is 0 Å². The van der Waals surface area contributed by atoms with Crippen LogP contribution in [0.3, 0.4) is 0 Å². The van der Waals surface area contributed by atoms with Gasteiger partial charge in [-0.2, -0.15) is 4.39 Å². The summed E-state index contributed by atoms with van der Waals surface area (Å²) in [6, 6.07) is 4.69. The van der Waals surface area contributed by atoms with Crippen LogP contribution in [0, 0.1) is 5.82 Å². The first-order chi connectivity index (χ1) is 19.1. The van der Waals surface area contributed by atoms with E-state index >= 15 is 4.39 Å². The average Bonchev–Trinajstić information content (AvgIpc) is 3.39. The Labute approximate surface area is 228 Å². The van der Waals surface area contributed by atoms with Crippen molar-refractivity contribution in [3.8, 4) is 5.75 Å². The van der Waals surface area contributed by atoms with Crippen LogP contribution >= 0.6 is 0 Å². The normalized spacial score (nSPS) is 24.2. The third kappa shape index (κ3) is 5.99. The fraction of sp³-hybridized carbons (Fsp3) is 0.571. The summed E-state index contributed by atoms with van der Waals surface area (Å²) in [6.45, 7) is 4.88. The predicted molar refractivity (Wildman–Crippen MR) is 149 cm³/mol. The molecule has 10 nitrogen and oxygen atoms in total. The number of ether oxygens (including phenoxy) is 2. The number of fused-ring (bicyclic) bond motifs is 1. The molecule has 1 aromatic carbocycles. The highest BCUT2D eigenvalue weighted by molar-refractivity contribution is 5.85. The van der Waals surface area contributed by atoms with Gasteiger partial charge in [-0.25, -0.2) is 15.0 Å². The van der Waals surface area contributed by atoms with Crippen molar-refractivity contribution in [2.75, 3.05) is 62.0 Å². The summed E-state index contributed by atoms with van der Waals surface area (Å²) in [5.41, 5.74) is 2.69. The molecule has 0 amide bonds. The molecule has 208 valence electrons. The summed E-state index contributed by atoms with van der Waals surface area (Å²) in [7, 11) is 2.11. The van der Waals surface area contributed by atoms with Crippen molar-refractivity contribution >= 4 is 28.4 Å². The predicted octanol–water partition coefficient (Wildman–Crippen LogP) is 3.70. The van der Waals surface area contributed by atoms with E-state index in [2.05, 4.69) is 59.5 Å². The summed E-state index contributed by atoms with van der Waals surface area (Å²) in [5, 5.41) is 6.51. The van der Waals surface area contributed by atoms with Crippen molar-refractivity contribution in [2.45, 2.75) is 56.7 Å². The molecule has 3 aromatic rings. The zero-order valence-corrected chi connectivity index (χ0v) is 22.5. The number of rotatable bonds is 8. The fourth-order valence-corrected chi connectivity index (χ4v) is 5.87. The first-order valence-corrected chi connectivity index (χ1v) is 14.1. The maximum atomic E-state index is 15.2. The zero-order chi connectivity index (χ0) is 26.6. The highest BCUT2D eigenvalue weighted by Crippen LogP contribution is 2.33. The Morgan fingerprint density at radius 1 is 0.974 bits per heavy atom. The second kappa shape index (κ2) is 11.8. The number of likely N-dealkylation sites (tertiary alicyclic amines) is 1. The van der Waals surface area contributed by atoms with Crippen LogP contribution in [0.2, 0.25) is 0 Å². The van der Waals surface area contributed by atoms with Crippen LogP contribution in [0.25, 0.3) is 11.0 Å². The van der Waals surface area contributed by atoms with Crippen molar-refractivity contribution in [2.24, 2.45) is 0 Å². The number of hydrogen-bond donors (Lipinski definition) is 2. The monoisotopic (exact) mass is 536 g/mol. The van der Waals surface area contributed by atoms with E-state index in [9.17, 15) is 0 Å². The lowest BCUT2D eigenvalue weighted by molar-refractivity contribution is 0.122. The topological polar surface area (TPSA) is 101 Å². The summed E-state index contributed by atoms with van der Waals surface area (Å²) >= 11 is 0. The summed E-state index contributed by atoms with van der Waals surface area (Å²) in [5.74, 6) is 0.875. The number of benzene rings is 1. The van der Waals surface area contributed by atoms with Gasteiger partial charge in [0.05, 0.1) is 24.8 Å². The lowest BCUT2D eigenvalue weighted by Crippen LogP contribution is -2.36. The van der Waals surface area contributed by atoms with Crippen molar-refractivity contribution in [3.05, 3.63) is 36.7 Å². The van der Waals surface area contributed by atoms with Crippen molar-refractivity contribution in [1.82, 2.24) is 24.8 Å². The molecule has 1 atom stereocenters. The molecule has 3 aliphatic rings. The molecule has 2 N–H and O–H groups in total. The Balaban J connectivity index is 1.07. The molecule has 6 rings (SSSR count). The molecule has 4 heterocycles. The third-order valence-electron chi connectivity index (χ3n) is 8.17. The smallest absolute Gasteiger partial charge is 0.207 e. The molecule has 0 spiro atoms. The van der Waals surface area contributed by atoms with Crippen LogP contribution < -0.4 is 20.3 Å². The Morgan fingerprint density at radius 2 is 1.77 bits per heavy atom. The number of halogens is 1. The lowest BCUT2D eigenvalue weighted by Gasteiger charge is -2.31. The highest BCUT2D eigenvalue weighted by Gasteiger charge is 2.26. The van der Waals surface area contributed by atoms with E-state index in [0.29, 0.717) is 25.8 Å². The number of anilines is 3. The van der Waals surface area contributed by atoms with Crippen LogP contribution in [0.15, 0.2) is 30.9 Å². The van der Waals surface area contributed by atoms with Gasteiger partial charge >= 0.3 is 0 Å². The third-order valence-corrected chi connectivity index (χ3v) is 8.17. The lowest BCUT2D eigenvalue weighted by atomic mass is 9.93. The molecular formula is C28H37FN8O2. The maximum Gasteiger partial charge on any atom is 0.207 e. The zero-order valence-electron chi connectivity index (χ0n) is 22.5. The Bertz CT molecular complexity index is 1270. The number of nitrogens with one attached hydrogen (secondary N) is 2. The second-order valence-electron chi connectivity index (χ2n) is 10.7. The van der Waals surface area contributed by atoms with Gasteiger partial charge in [-0.3, -0.25) is 4.98 Å². The Hall–Kier alpha value is -3.31. The van der Waals surface area contributed by atoms with Gasteiger partial charge in [0.2, 0.25) is 5.82 Å². The van der Waals surface area contributed by atoms with Crippen LogP contribution in [0.1, 0.15) is 38.5 Å². The van der Waals surface area contributed by atoms with E-state index in [0.717, 1.165) is 74.2 Å². The van der Waals surface area contributed by atoms with Gasteiger partial charge in [-0.1, -0.05) is 0 Å². The van der Waals surface area contributed by atoms with E-state index in [-0.39, 0.29) is 23.8 Å². The summed E-state index contributed by atoms with van der Waals surface area (Å²) in [6.07, 6.45) is 10.6. The van der Waals surface area contributed by atoms with Crippen molar-refractivity contribution < 1.29 is 13.9 Å². The van der Waals surface area contributed by atoms with E-state index in [1.165, 1.54) is 12.7 Å². The van der Waals surface area contributed by atoms with E-state index in [1.54, 1.807) is 12.4 Å².